The summed E-state index contributed by atoms with van der Waals surface area (Å²) in [4.78, 5) is 0. The monoisotopic (exact) mass is 188 g/mol. The van der Waals surface area contributed by atoms with Crippen LogP contribution in [0.25, 0.3) is 0 Å². The van der Waals surface area contributed by atoms with Crippen LogP contribution in [0.15, 0.2) is 23.0 Å². The molecule has 1 heteroatoms. The van der Waals surface area contributed by atoms with Gasteiger partial charge in [0, 0.05) is 0 Å². The largest absolute Gasteiger partial charge is 0.471 e. The average Bonchev–Trinajstić information content (AvgIpc) is 2.75. The lowest BCUT2D eigenvalue weighted by Crippen LogP contribution is -1.61. The van der Waals surface area contributed by atoms with Crippen LogP contribution in [0.5, 0.6) is 0 Å². The van der Waals surface area contributed by atoms with Crippen LogP contribution < -0.4 is 0 Å². The summed E-state index contributed by atoms with van der Waals surface area (Å²) in [5, 5.41) is 0. The van der Waals surface area contributed by atoms with Crippen molar-refractivity contribution >= 4 is 0 Å². The number of furan rings is 1. The average molecular weight is 188 g/mol. The van der Waals surface area contributed by atoms with Crippen LogP contribution in [-0.4, -0.2) is 0 Å². The molecule has 0 aliphatic carbocycles. The lowest BCUT2D eigenvalue weighted by molar-refractivity contribution is 0.566. The van der Waals surface area contributed by atoms with Crippen LogP contribution >= 0.6 is 0 Å². The molecular formula is C14H4O. The number of rotatable bonds is 0. The molecule has 0 radical (unpaired) electrons. The fourth-order valence-corrected chi connectivity index (χ4v) is 0.631. The van der Waals surface area contributed by atoms with Gasteiger partial charge in [-0.2, -0.15) is 0 Å². The molecule has 15 heavy (non-hydrogen) atoms. The Hall–Kier alpha value is -2.92. The Kier molecular flexibility index (Phi) is 4.46. The van der Waals surface area contributed by atoms with E-state index in [0.29, 0.717) is 0 Å². The van der Waals surface area contributed by atoms with Gasteiger partial charge in [0.25, 0.3) is 0 Å². The zero-order valence-corrected chi connectivity index (χ0v) is 7.72. The van der Waals surface area contributed by atoms with E-state index in [2.05, 4.69) is 53.3 Å². The van der Waals surface area contributed by atoms with E-state index in [9.17, 15) is 0 Å². The molecule has 0 spiro atoms. The maximum atomic E-state index is 4.89. The van der Waals surface area contributed by atoms with Gasteiger partial charge in [-0.25, -0.2) is 0 Å². The highest BCUT2D eigenvalue weighted by molar-refractivity contribution is 5.44. The van der Waals surface area contributed by atoms with Gasteiger partial charge < -0.3 is 4.42 Å². The molecule has 0 unspecified atom stereocenters. The first-order chi connectivity index (χ1) is 7.43. The zero-order valence-electron chi connectivity index (χ0n) is 7.72. The number of hydrogen-bond donors (Lipinski definition) is 0. The third-order valence-electron chi connectivity index (χ3n) is 1.18. The fourth-order valence-electron chi connectivity index (χ4n) is 0.631. The SMILES string of the molecule is C#CC#CC#CC#CC#Cc1ccoc1. The maximum Gasteiger partial charge on any atom is 0.106 e. The van der Waals surface area contributed by atoms with Crippen molar-refractivity contribution in [3.8, 4) is 59.7 Å². The summed E-state index contributed by atoms with van der Waals surface area (Å²) < 4.78 is 4.82. The van der Waals surface area contributed by atoms with Crippen molar-refractivity contribution in [1.82, 2.24) is 0 Å². The minimum Gasteiger partial charge on any atom is -0.471 e. The standard InChI is InChI=1S/C14H4O/c1-2-3-4-5-6-7-8-9-10-14-11-12-15-13-14/h1,11-13H. The molecule has 66 valence electrons. The minimum atomic E-state index is 0.782. The first-order valence-corrected chi connectivity index (χ1v) is 3.92. The second-order valence-electron chi connectivity index (χ2n) is 2.16. The van der Waals surface area contributed by atoms with E-state index in [4.69, 9.17) is 10.8 Å². The van der Waals surface area contributed by atoms with Gasteiger partial charge >= 0.3 is 0 Å². The molecule has 0 fully saturated rings. The highest BCUT2D eigenvalue weighted by Gasteiger charge is 1.82. The number of hydrogen-bond acceptors (Lipinski definition) is 1. The summed E-state index contributed by atoms with van der Waals surface area (Å²) in [5.74, 6) is 22.3. The van der Waals surface area contributed by atoms with Gasteiger partial charge in [0.05, 0.1) is 11.8 Å². The Balaban J connectivity index is 2.53. The molecule has 0 aromatic carbocycles. The van der Waals surface area contributed by atoms with Crippen LogP contribution in [0, 0.1) is 59.7 Å². The fraction of sp³-hybridized carbons (Fsp3) is 0. The van der Waals surface area contributed by atoms with E-state index >= 15 is 0 Å². The van der Waals surface area contributed by atoms with Crippen molar-refractivity contribution in [1.29, 1.82) is 0 Å². The Bertz CT molecular complexity index is 594. The predicted molar refractivity (Wildman–Crippen MR) is 57.7 cm³/mol. The van der Waals surface area contributed by atoms with Crippen molar-refractivity contribution in [3.63, 3.8) is 0 Å². The normalized spacial score (nSPS) is 5.80. The topological polar surface area (TPSA) is 13.1 Å². The van der Waals surface area contributed by atoms with Crippen molar-refractivity contribution in [3.05, 3.63) is 24.2 Å². The lowest BCUT2D eigenvalue weighted by atomic mass is 10.3. The smallest absolute Gasteiger partial charge is 0.106 e. The van der Waals surface area contributed by atoms with Crippen LogP contribution in [0.4, 0.5) is 0 Å². The molecule has 1 nitrogen and oxygen atoms in total. The molecular weight excluding hydrogens is 184 g/mol. The van der Waals surface area contributed by atoms with Gasteiger partial charge in [0.15, 0.2) is 0 Å². The summed E-state index contributed by atoms with van der Waals surface area (Å²) in [5.41, 5.74) is 0.782. The van der Waals surface area contributed by atoms with Crippen LogP contribution in [0.2, 0.25) is 0 Å². The molecule has 0 aliphatic heterocycles. The molecule has 1 aromatic rings. The third kappa shape index (κ3) is 4.61. The Morgan fingerprint density at radius 1 is 0.933 bits per heavy atom. The van der Waals surface area contributed by atoms with E-state index in [1.54, 1.807) is 18.6 Å². The molecule has 0 amide bonds. The van der Waals surface area contributed by atoms with Gasteiger partial charge in [-0.1, -0.05) is 0 Å². The Morgan fingerprint density at radius 3 is 2.20 bits per heavy atom. The van der Waals surface area contributed by atoms with Crippen LogP contribution in [0.3, 0.4) is 0 Å². The second-order valence-corrected chi connectivity index (χ2v) is 2.16. The van der Waals surface area contributed by atoms with Crippen molar-refractivity contribution in [2.24, 2.45) is 0 Å². The Morgan fingerprint density at radius 2 is 1.60 bits per heavy atom. The van der Waals surface area contributed by atoms with Crippen molar-refractivity contribution in [2.45, 2.75) is 0 Å². The van der Waals surface area contributed by atoms with Gasteiger partial charge in [0.2, 0.25) is 0 Å². The second kappa shape index (κ2) is 6.58. The molecule has 1 rings (SSSR count). The number of terminal acetylenes is 1. The first kappa shape index (κ1) is 10.2. The molecule has 1 aromatic heterocycles. The summed E-state index contributed by atoms with van der Waals surface area (Å²) in [6.45, 7) is 0. The molecule has 0 atom stereocenters. The highest BCUT2D eigenvalue weighted by Crippen LogP contribution is 1.95. The maximum absolute atomic E-state index is 4.89. The van der Waals surface area contributed by atoms with Gasteiger partial charge in [-0.15, -0.1) is 6.42 Å². The lowest BCUT2D eigenvalue weighted by Gasteiger charge is -1.67. The summed E-state index contributed by atoms with van der Waals surface area (Å²) in [6, 6.07) is 1.75. The van der Waals surface area contributed by atoms with Crippen LogP contribution in [0.1, 0.15) is 5.56 Å². The molecule has 0 bridgehead atoms. The molecule has 1 heterocycles. The summed E-state index contributed by atoms with van der Waals surface area (Å²) in [6.07, 6.45) is 7.98. The van der Waals surface area contributed by atoms with E-state index in [1.165, 1.54) is 0 Å². The molecule has 0 saturated heterocycles. The van der Waals surface area contributed by atoms with Crippen molar-refractivity contribution < 1.29 is 4.42 Å². The minimum absolute atomic E-state index is 0.782. The first-order valence-electron chi connectivity index (χ1n) is 3.92. The Labute approximate surface area is 88.9 Å². The third-order valence-corrected chi connectivity index (χ3v) is 1.18. The molecule has 0 N–H and O–H groups in total. The van der Waals surface area contributed by atoms with E-state index in [1.807, 2.05) is 0 Å². The quantitative estimate of drug-likeness (QED) is 0.559. The summed E-state index contributed by atoms with van der Waals surface area (Å²) in [7, 11) is 0. The van der Waals surface area contributed by atoms with Gasteiger partial charge in [0.1, 0.15) is 6.26 Å². The summed E-state index contributed by atoms with van der Waals surface area (Å²) >= 11 is 0. The van der Waals surface area contributed by atoms with E-state index in [-0.39, 0.29) is 0 Å². The van der Waals surface area contributed by atoms with Crippen LogP contribution in [-0.2, 0) is 0 Å². The molecule has 0 aliphatic rings. The predicted octanol–water partition coefficient (Wildman–Crippen LogP) is 1.27. The zero-order chi connectivity index (χ0) is 10.8. The van der Waals surface area contributed by atoms with E-state index in [0.717, 1.165) is 5.56 Å². The molecule has 0 saturated carbocycles. The van der Waals surface area contributed by atoms with E-state index < -0.39 is 0 Å². The van der Waals surface area contributed by atoms with Gasteiger partial charge in [-0.3, -0.25) is 0 Å². The highest BCUT2D eigenvalue weighted by atomic mass is 16.3. The van der Waals surface area contributed by atoms with Gasteiger partial charge in [-0.05, 0) is 59.4 Å². The van der Waals surface area contributed by atoms with Crippen molar-refractivity contribution in [2.75, 3.05) is 0 Å².